The summed E-state index contributed by atoms with van der Waals surface area (Å²) in [7, 11) is 0. The third-order valence-electron chi connectivity index (χ3n) is 3.43. The van der Waals surface area contributed by atoms with Crippen molar-refractivity contribution in [1.29, 1.82) is 0 Å². The van der Waals surface area contributed by atoms with Gasteiger partial charge >= 0.3 is 0 Å². The second-order valence-electron chi connectivity index (χ2n) is 4.70. The zero-order valence-electron chi connectivity index (χ0n) is 10.2. The van der Waals surface area contributed by atoms with Crippen molar-refractivity contribution in [3.63, 3.8) is 0 Å². The number of ketones is 1. The first-order valence-electron chi connectivity index (χ1n) is 6.04. The number of fused-ring (bicyclic) bond motifs is 1. The Morgan fingerprint density at radius 1 is 1.22 bits per heavy atom. The molecule has 1 aromatic carbocycles. The third-order valence-corrected chi connectivity index (χ3v) is 3.43. The van der Waals surface area contributed by atoms with Crippen molar-refractivity contribution in [2.75, 3.05) is 6.61 Å². The van der Waals surface area contributed by atoms with Gasteiger partial charge < -0.3 is 4.74 Å². The van der Waals surface area contributed by atoms with Crippen molar-refractivity contribution in [3.8, 4) is 0 Å². The van der Waals surface area contributed by atoms with Gasteiger partial charge in [-0.1, -0.05) is 36.4 Å². The lowest BCUT2D eigenvalue weighted by Crippen LogP contribution is -2.35. The maximum Gasteiger partial charge on any atom is 0.178 e. The van der Waals surface area contributed by atoms with Crippen LogP contribution in [0.1, 0.15) is 12.5 Å². The molecule has 1 aliphatic heterocycles. The van der Waals surface area contributed by atoms with E-state index in [-0.39, 0.29) is 5.78 Å². The van der Waals surface area contributed by atoms with Gasteiger partial charge in [0, 0.05) is 0 Å². The molecule has 1 unspecified atom stereocenters. The van der Waals surface area contributed by atoms with Gasteiger partial charge in [0.15, 0.2) is 5.78 Å². The number of hydrogen-bond acceptors (Lipinski definition) is 2. The van der Waals surface area contributed by atoms with Crippen LogP contribution in [0, 0.1) is 0 Å². The van der Waals surface area contributed by atoms with Crippen LogP contribution in [0.3, 0.4) is 0 Å². The van der Waals surface area contributed by atoms with Crippen molar-refractivity contribution in [3.05, 3.63) is 65.8 Å². The highest BCUT2D eigenvalue weighted by atomic mass is 16.5. The average Bonchev–Trinajstić information content (AvgIpc) is 2.40. The summed E-state index contributed by atoms with van der Waals surface area (Å²) in [6.07, 6.45) is 7.14. The van der Waals surface area contributed by atoms with Crippen molar-refractivity contribution in [2.45, 2.75) is 12.5 Å². The average molecular weight is 238 g/mol. The monoisotopic (exact) mass is 238 g/mol. The van der Waals surface area contributed by atoms with Gasteiger partial charge in [-0.15, -0.1) is 0 Å². The van der Waals surface area contributed by atoms with E-state index in [0.717, 1.165) is 16.7 Å². The lowest BCUT2D eigenvalue weighted by molar-refractivity contribution is -0.110. The molecule has 1 aliphatic carbocycles. The normalized spacial score (nSPS) is 26.4. The number of ether oxygens (including phenoxy) is 1. The zero-order valence-corrected chi connectivity index (χ0v) is 10.2. The number of carbonyl (C=O) groups is 1. The number of hydrogen-bond donors (Lipinski definition) is 0. The van der Waals surface area contributed by atoms with Gasteiger partial charge in [-0.3, -0.25) is 4.79 Å². The Labute approximate surface area is 106 Å². The Hall–Kier alpha value is -1.93. The van der Waals surface area contributed by atoms with Crippen molar-refractivity contribution >= 4 is 11.4 Å². The quantitative estimate of drug-likeness (QED) is 0.752. The molecule has 0 saturated carbocycles. The molecule has 0 N–H and O–H groups in total. The molecule has 0 bridgehead atoms. The molecule has 0 aromatic heterocycles. The maximum atomic E-state index is 11.6. The van der Waals surface area contributed by atoms with Gasteiger partial charge in [-0.05, 0) is 41.9 Å². The van der Waals surface area contributed by atoms with Gasteiger partial charge in [0.25, 0.3) is 0 Å². The van der Waals surface area contributed by atoms with Crippen molar-refractivity contribution in [2.24, 2.45) is 0 Å². The molecule has 0 amide bonds. The summed E-state index contributed by atoms with van der Waals surface area (Å²) in [5.74, 6) is 0.0230. The molecule has 90 valence electrons. The minimum atomic E-state index is -0.478. The van der Waals surface area contributed by atoms with Crippen LogP contribution in [0.25, 0.3) is 5.57 Å². The molecule has 18 heavy (non-hydrogen) atoms. The topological polar surface area (TPSA) is 26.3 Å². The van der Waals surface area contributed by atoms with Crippen LogP contribution < -0.4 is 0 Å². The van der Waals surface area contributed by atoms with Crippen LogP contribution >= 0.6 is 0 Å². The van der Waals surface area contributed by atoms with E-state index in [4.69, 9.17) is 4.74 Å². The fraction of sp³-hybridized carbons (Fsp3) is 0.188. The minimum absolute atomic E-state index is 0.0230. The van der Waals surface area contributed by atoms with Crippen LogP contribution in [0.2, 0.25) is 0 Å². The van der Waals surface area contributed by atoms with E-state index in [0.29, 0.717) is 6.61 Å². The molecule has 1 aromatic rings. The van der Waals surface area contributed by atoms with Crippen molar-refractivity contribution in [1.82, 2.24) is 0 Å². The van der Waals surface area contributed by atoms with Gasteiger partial charge in [-0.25, -0.2) is 0 Å². The number of carbonyl (C=O) groups excluding carboxylic acids is 1. The molecule has 0 fully saturated rings. The zero-order chi connectivity index (χ0) is 12.6. The van der Waals surface area contributed by atoms with Gasteiger partial charge in [0.2, 0.25) is 0 Å². The highest BCUT2D eigenvalue weighted by molar-refractivity contribution is 6.05. The number of rotatable bonds is 1. The standard InChI is InChI=1S/C16H14O2/c1-16-9-7-13(17)11-15(16)14(8-10-18-16)12-5-3-2-4-6-12/h2-9,11H,10H2,1H3. The Kier molecular flexibility index (Phi) is 2.53. The highest BCUT2D eigenvalue weighted by Crippen LogP contribution is 2.39. The first-order chi connectivity index (χ1) is 8.69. The van der Waals surface area contributed by atoms with Crippen molar-refractivity contribution < 1.29 is 9.53 Å². The summed E-state index contributed by atoms with van der Waals surface area (Å²) >= 11 is 0. The minimum Gasteiger partial charge on any atom is -0.362 e. The predicted molar refractivity (Wildman–Crippen MR) is 71.0 cm³/mol. The van der Waals surface area contributed by atoms with E-state index >= 15 is 0 Å². The highest BCUT2D eigenvalue weighted by Gasteiger charge is 2.35. The molecule has 3 rings (SSSR count). The molecular formula is C16H14O2. The number of benzene rings is 1. The first kappa shape index (κ1) is 11.2. The Morgan fingerprint density at radius 2 is 2.00 bits per heavy atom. The lowest BCUT2D eigenvalue weighted by Gasteiger charge is -2.36. The summed E-state index contributed by atoms with van der Waals surface area (Å²) in [4.78, 5) is 11.6. The van der Waals surface area contributed by atoms with Crippen LogP contribution in [-0.2, 0) is 9.53 Å². The molecule has 1 heterocycles. The van der Waals surface area contributed by atoms with E-state index in [1.165, 1.54) is 0 Å². The van der Waals surface area contributed by atoms with Crippen LogP contribution in [-0.4, -0.2) is 18.0 Å². The molecule has 2 nitrogen and oxygen atoms in total. The predicted octanol–water partition coefficient (Wildman–Crippen LogP) is 2.92. The molecule has 2 heteroatoms. The molecular weight excluding hydrogens is 224 g/mol. The molecule has 2 aliphatic rings. The Bertz CT molecular complexity index is 578. The van der Waals surface area contributed by atoms with Gasteiger partial charge in [-0.2, -0.15) is 0 Å². The van der Waals surface area contributed by atoms with Crippen LogP contribution in [0.5, 0.6) is 0 Å². The second kappa shape index (κ2) is 4.07. The molecule has 0 radical (unpaired) electrons. The smallest absolute Gasteiger partial charge is 0.178 e. The Balaban J connectivity index is 2.11. The fourth-order valence-corrected chi connectivity index (χ4v) is 2.43. The van der Waals surface area contributed by atoms with Crippen LogP contribution in [0.15, 0.2) is 60.2 Å². The van der Waals surface area contributed by atoms with E-state index in [1.54, 1.807) is 12.2 Å². The molecule has 0 saturated heterocycles. The Morgan fingerprint density at radius 3 is 2.78 bits per heavy atom. The second-order valence-corrected chi connectivity index (χ2v) is 4.70. The summed E-state index contributed by atoms with van der Waals surface area (Å²) < 4.78 is 5.79. The third kappa shape index (κ3) is 1.75. The summed E-state index contributed by atoms with van der Waals surface area (Å²) in [6, 6.07) is 10.1. The summed E-state index contributed by atoms with van der Waals surface area (Å²) in [6.45, 7) is 2.56. The van der Waals surface area contributed by atoms with E-state index in [2.05, 4.69) is 12.1 Å². The SMILES string of the molecule is CC12C=CC(=O)C=C1C(c1ccccc1)=CCO2. The largest absolute Gasteiger partial charge is 0.362 e. The van der Waals surface area contributed by atoms with E-state index in [1.807, 2.05) is 37.3 Å². The fourth-order valence-electron chi connectivity index (χ4n) is 2.43. The summed E-state index contributed by atoms with van der Waals surface area (Å²) in [5, 5.41) is 0. The van der Waals surface area contributed by atoms with E-state index in [9.17, 15) is 4.79 Å². The van der Waals surface area contributed by atoms with Gasteiger partial charge in [0.1, 0.15) is 5.60 Å². The molecule has 1 atom stereocenters. The van der Waals surface area contributed by atoms with E-state index < -0.39 is 5.60 Å². The summed E-state index contributed by atoms with van der Waals surface area (Å²) in [5.41, 5.74) is 2.70. The number of allylic oxidation sites excluding steroid dienone is 2. The lowest BCUT2D eigenvalue weighted by atomic mass is 9.80. The molecule has 0 spiro atoms. The first-order valence-corrected chi connectivity index (χ1v) is 6.04. The van der Waals surface area contributed by atoms with Crippen LogP contribution in [0.4, 0.5) is 0 Å². The maximum absolute atomic E-state index is 11.6. The van der Waals surface area contributed by atoms with Gasteiger partial charge in [0.05, 0.1) is 6.61 Å².